The van der Waals surface area contributed by atoms with Gasteiger partial charge in [-0.05, 0) is 31.9 Å². The zero-order valence-corrected chi connectivity index (χ0v) is 14.7. The lowest BCUT2D eigenvalue weighted by molar-refractivity contribution is -0.126. The second kappa shape index (κ2) is 7.88. The number of hydrogen-bond donors (Lipinski definition) is 1. The van der Waals surface area contributed by atoms with Gasteiger partial charge in [0.25, 0.3) is 5.91 Å². The lowest BCUT2D eigenvalue weighted by Gasteiger charge is -2.32. The third-order valence-electron chi connectivity index (χ3n) is 3.98. The van der Waals surface area contributed by atoms with Crippen LogP contribution in [0.15, 0.2) is 12.1 Å². The van der Waals surface area contributed by atoms with Gasteiger partial charge in [0.2, 0.25) is 5.91 Å². The summed E-state index contributed by atoms with van der Waals surface area (Å²) < 4.78 is 5.23. The van der Waals surface area contributed by atoms with Crippen LogP contribution in [0.3, 0.4) is 0 Å². The van der Waals surface area contributed by atoms with Gasteiger partial charge in [0.15, 0.2) is 5.75 Å². The number of ether oxygens (including phenoxy) is 1. The molecule has 126 valence electrons. The summed E-state index contributed by atoms with van der Waals surface area (Å²) >= 11 is 12.2. The Kier molecular flexibility index (Phi) is 6.13. The fourth-order valence-corrected chi connectivity index (χ4v) is 3.22. The first kappa shape index (κ1) is 17.9. The molecule has 1 aliphatic rings. The number of carbonyl (C=O) groups excluding carboxylic acids is 2. The zero-order valence-electron chi connectivity index (χ0n) is 13.2. The number of rotatable bonds is 4. The van der Waals surface area contributed by atoms with E-state index >= 15 is 0 Å². The van der Waals surface area contributed by atoms with E-state index in [2.05, 4.69) is 5.32 Å². The maximum atomic E-state index is 12.8. The van der Waals surface area contributed by atoms with Gasteiger partial charge < -0.3 is 15.0 Å². The highest BCUT2D eigenvalue weighted by Gasteiger charge is 2.30. The minimum absolute atomic E-state index is 0.0456. The highest BCUT2D eigenvalue weighted by molar-refractivity contribution is 6.37. The number of benzene rings is 1. The van der Waals surface area contributed by atoms with Crippen LogP contribution in [-0.2, 0) is 4.79 Å². The van der Waals surface area contributed by atoms with Crippen LogP contribution >= 0.6 is 23.2 Å². The SMILES string of the molecule is CCNC(=O)C1CCN(C(=O)c2c(Cl)ccc(Cl)c2OC)CC1. The molecule has 1 heterocycles. The number of nitrogens with zero attached hydrogens (tertiary/aromatic N) is 1. The molecule has 1 aromatic carbocycles. The zero-order chi connectivity index (χ0) is 17.0. The average molecular weight is 359 g/mol. The molecule has 0 aromatic heterocycles. The van der Waals surface area contributed by atoms with E-state index in [1.165, 1.54) is 7.11 Å². The number of piperidine rings is 1. The van der Waals surface area contributed by atoms with Crippen molar-refractivity contribution in [1.29, 1.82) is 0 Å². The first-order valence-electron chi connectivity index (χ1n) is 7.58. The molecular formula is C16H20Cl2N2O3. The van der Waals surface area contributed by atoms with Crippen molar-refractivity contribution < 1.29 is 14.3 Å². The van der Waals surface area contributed by atoms with E-state index in [4.69, 9.17) is 27.9 Å². The summed E-state index contributed by atoms with van der Waals surface area (Å²) in [6.07, 6.45) is 1.27. The fraction of sp³-hybridized carbons (Fsp3) is 0.500. The predicted molar refractivity (Wildman–Crippen MR) is 90.3 cm³/mol. The number of carbonyl (C=O) groups is 2. The van der Waals surface area contributed by atoms with Gasteiger partial charge in [0, 0.05) is 25.6 Å². The topological polar surface area (TPSA) is 58.6 Å². The standard InChI is InChI=1S/C16H20Cl2N2O3/c1-3-19-15(21)10-6-8-20(9-7-10)16(22)13-11(17)4-5-12(18)14(13)23-2/h4-5,10H,3,6-9H2,1-2H3,(H,19,21). The van der Waals surface area contributed by atoms with Gasteiger partial charge in [0.1, 0.15) is 5.56 Å². The number of nitrogens with one attached hydrogen (secondary N) is 1. The Labute approximate surface area is 145 Å². The Morgan fingerprint density at radius 3 is 2.43 bits per heavy atom. The maximum Gasteiger partial charge on any atom is 0.259 e. The molecule has 0 spiro atoms. The monoisotopic (exact) mass is 358 g/mol. The molecule has 2 rings (SSSR count). The van der Waals surface area contributed by atoms with Gasteiger partial charge in [-0.2, -0.15) is 0 Å². The van der Waals surface area contributed by atoms with Crippen molar-refractivity contribution in [2.45, 2.75) is 19.8 Å². The maximum absolute atomic E-state index is 12.8. The normalized spacial score (nSPS) is 15.4. The Hall–Kier alpha value is -1.46. The molecule has 1 aliphatic heterocycles. The van der Waals surface area contributed by atoms with Crippen molar-refractivity contribution in [1.82, 2.24) is 10.2 Å². The summed E-state index contributed by atoms with van der Waals surface area (Å²) in [5.74, 6) is 0.0763. The number of halogens is 2. The predicted octanol–water partition coefficient (Wildman–Crippen LogP) is 2.99. The molecule has 5 nitrogen and oxygen atoms in total. The first-order valence-corrected chi connectivity index (χ1v) is 8.34. The number of hydrogen-bond acceptors (Lipinski definition) is 3. The van der Waals surface area contributed by atoms with E-state index < -0.39 is 0 Å². The molecule has 0 atom stereocenters. The Balaban J connectivity index is 2.12. The molecule has 1 N–H and O–H groups in total. The molecule has 1 fully saturated rings. The van der Waals surface area contributed by atoms with Crippen molar-refractivity contribution in [2.75, 3.05) is 26.7 Å². The number of methoxy groups -OCH3 is 1. The summed E-state index contributed by atoms with van der Waals surface area (Å²) in [4.78, 5) is 26.3. The molecule has 0 bridgehead atoms. The first-order chi connectivity index (χ1) is 11.0. The summed E-state index contributed by atoms with van der Waals surface area (Å²) in [5, 5.41) is 3.48. The quantitative estimate of drug-likeness (QED) is 0.899. The minimum atomic E-state index is -0.219. The highest BCUT2D eigenvalue weighted by Crippen LogP contribution is 2.35. The van der Waals surface area contributed by atoms with Crippen LogP contribution in [0.25, 0.3) is 0 Å². The third kappa shape index (κ3) is 3.90. The summed E-state index contributed by atoms with van der Waals surface area (Å²) in [6, 6.07) is 3.18. The highest BCUT2D eigenvalue weighted by atomic mass is 35.5. The Morgan fingerprint density at radius 1 is 1.26 bits per heavy atom. The van der Waals surface area contributed by atoms with Crippen molar-refractivity contribution in [3.8, 4) is 5.75 Å². The average Bonchev–Trinajstić information content (AvgIpc) is 2.56. The van der Waals surface area contributed by atoms with Crippen LogP contribution in [-0.4, -0.2) is 43.5 Å². The molecule has 0 aliphatic carbocycles. The van der Waals surface area contributed by atoms with E-state index in [9.17, 15) is 9.59 Å². The fourth-order valence-electron chi connectivity index (χ4n) is 2.75. The summed E-state index contributed by atoms with van der Waals surface area (Å²) in [5.41, 5.74) is 0.276. The van der Waals surface area contributed by atoms with Gasteiger partial charge in [-0.15, -0.1) is 0 Å². The Bertz CT molecular complexity index is 599. The molecule has 0 saturated carbocycles. The van der Waals surface area contributed by atoms with Crippen LogP contribution in [0.5, 0.6) is 5.75 Å². The van der Waals surface area contributed by atoms with Gasteiger partial charge in [-0.25, -0.2) is 0 Å². The van der Waals surface area contributed by atoms with Gasteiger partial charge in [0.05, 0.1) is 17.2 Å². The van der Waals surface area contributed by atoms with E-state index in [0.29, 0.717) is 42.5 Å². The molecule has 23 heavy (non-hydrogen) atoms. The van der Waals surface area contributed by atoms with Crippen LogP contribution in [0.1, 0.15) is 30.1 Å². The van der Waals surface area contributed by atoms with Crippen molar-refractivity contribution in [3.05, 3.63) is 27.7 Å². The minimum Gasteiger partial charge on any atom is -0.494 e. The van der Waals surface area contributed by atoms with Gasteiger partial charge >= 0.3 is 0 Å². The van der Waals surface area contributed by atoms with Crippen molar-refractivity contribution in [2.24, 2.45) is 5.92 Å². The van der Waals surface area contributed by atoms with E-state index in [-0.39, 0.29) is 29.0 Å². The molecular weight excluding hydrogens is 339 g/mol. The van der Waals surface area contributed by atoms with E-state index in [1.54, 1.807) is 17.0 Å². The van der Waals surface area contributed by atoms with Crippen molar-refractivity contribution in [3.63, 3.8) is 0 Å². The smallest absolute Gasteiger partial charge is 0.259 e. The molecule has 0 radical (unpaired) electrons. The summed E-state index contributed by atoms with van der Waals surface area (Å²) in [6.45, 7) is 3.52. The van der Waals surface area contributed by atoms with Crippen molar-refractivity contribution >= 4 is 35.0 Å². The second-order valence-electron chi connectivity index (χ2n) is 5.40. The van der Waals surface area contributed by atoms with Gasteiger partial charge in [-0.3, -0.25) is 9.59 Å². The molecule has 7 heteroatoms. The summed E-state index contributed by atoms with van der Waals surface area (Å²) in [7, 11) is 1.45. The van der Waals surface area contributed by atoms with Crippen LogP contribution < -0.4 is 10.1 Å². The van der Waals surface area contributed by atoms with E-state index in [1.807, 2.05) is 6.92 Å². The third-order valence-corrected chi connectivity index (χ3v) is 4.59. The molecule has 0 unspecified atom stereocenters. The molecule has 2 amide bonds. The second-order valence-corrected chi connectivity index (χ2v) is 6.21. The van der Waals surface area contributed by atoms with Gasteiger partial charge in [-0.1, -0.05) is 23.2 Å². The molecule has 1 aromatic rings. The van der Waals surface area contributed by atoms with Crippen LogP contribution in [0.4, 0.5) is 0 Å². The van der Waals surface area contributed by atoms with Crippen LogP contribution in [0.2, 0.25) is 10.0 Å². The van der Waals surface area contributed by atoms with E-state index in [0.717, 1.165) is 0 Å². The lowest BCUT2D eigenvalue weighted by Crippen LogP contribution is -2.43. The van der Waals surface area contributed by atoms with Crippen LogP contribution in [0, 0.1) is 5.92 Å². The lowest BCUT2D eigenvalue weighted by atomic mass is 9.95. The Morgan fingerprint density at radius 2 is 1.87 bits per heavy atom. The largest absolute Gasteiger partial charge is 0.494 e. The molecule has 1 saturated heterocycles. The number of amides is 2. The number of likely N-dealkylation sites (tertiary alicyclic amines) is 1.